The predicted molar refractivity (Wildman–Crippen MR) is 116 cm³/mol. The summed E-state index contributed by atoms with van der Waals surface area (Å²) in [5, 5.41) is 6.69. The third-order valence-corrected chi connectivity index (χ3v) is 6.28. The van der Waals surface area contributed by atoms with E-state index >= 15 is 0 Å². The summed E-state index contributed by atoms with van der Waals surface area (Å²) in [6, 6.07) is 13.5. The lowest BCUT2D eigenvalue weighted by molar-refractivity contribution is -0.125. The van der Waals surface area contributed by atoms with Gasteiger partial charge in [0.05, 0.1) is 24.8 Å². The Morgan fingerprint density at radius 1 is 1.00 bits per heavy atom. The van der Waals surface area contributed by atoms with E-state index in [0.717, 1.165) is 18.1 Å². The molecule has 0 radical (unpaired) electrons. The van der Waals surface area contributed by atoms with Gasteiger partial charge in [0.2, 0.25) is 11.8 Å². The Morgan fingerprint density at radius 3 is 2.56 bits per heavy atom. The smallest absolute Gasteiger partial charge is 0.243 e. The van der Waals surface area contributed by atoms with Crippen LogP contribution in [0.1, 0.15) is 22.0 Å². The van der Waals surface area contributed by atoms with Gasteiger partial charge in [-0.3, -0.25) is 14.5 Å². The second kappa shape index (κ2) is 9.54. The molecule has 9 heteroatoms. The SMILES string of the molecule is O=C(CN1CCc2sccc2C1c1ccccc1)NCC(=O)Nc1ccc(F)c(F)c1F. The number of amides is 2. The second-order valence-corrected chi connectivity index (χ2v) is 8.38. The molecule has 1 unspecified atom stereocenters. The Bertz CT molecular complexity index is 1140. The number of hydrogen-bond donors (Lipinski definition) is 2. The van der Waals surface area contributed by atoms with E-state index in [9.17, 15) is 22.8 Å². The third-order valence-electron chi connectivity index (χ3n) is 5.28. The zero-order valence-electron chi connectivity index (χ0n) is 16.9. The van der Waals surface area contributed by atoms with E-state index in [-0.39, 0.29) is 18.5 Å². The fourth-order valence-electron chi connectivity index (χ4n) is 3.80. The van der Waals surface area contributed by atoms with Crippen molar-refractivity contribution in [2.24, 2.45) is 0 Å². The normalized spacial score (nSPS) is 15.8. The monoisotopic (exact) mass is 459 g/mol. The highest BCUT2D eigenvalue weighted by molar-refractivity contribution is 7.10. The van der Waals surface area contributed by atoms with E-state index < -0.39 is 35.6 Å². The van der Waals surface area contributed by atoms with Gasteiger partial charge < -0.3 is 10.6 Å². The molecule has 0 spiro atoms. The van der Waals surface area contributed by atoms with Crippen LogP contribution >= 0.6 is 11.3 Å². The van der Waals surface area contributed by atoms with E-state index in [0.29, 0.717) is 12.6 Å². The van der Waals surface area contributed by atoms with E-state index in [1.54, 1.807) is 11.3 Å². The molecule has 2 heterocycles. The lowest BCUT2D eigenvalue weighted by atomic mass is 9.93. The molecule has 32 heavy (non-hydrogen) atoms. The van der Waals surface area contributed by atoms with Gasteiger partial charge in [-0.15, -0.1) is 11.3 Å². The van der Waals surface area contributed by atoms with Gasteiger partial charge in [0.25, 0.3) is 0 Å². The van der Waals surface area contributed by atoms with Gasteiger partial charge in [-0.2, -0.15) is 0 Å². The van der Waals surface area contributed by atoms with E-state index in [2.05, 4.69) is 16.7 Å². The molecule has 1 aromatic heterocycles. The van der Waals surface area contributed by atoms with Crippen molar-refractivity contribution in [1.29, 1.82) is 0 Å². The molecule has 2 N–H and O–H groups in total. The number of benzene rings is 2. The topological polar surface area (TPSA) is 61.4 Å². The van der Waals surface area contributed by atoms with E-state index in [4.69, 9.17) is 0 Å². The zero-order chi connectivity index (χ0) is 22.7. The maximum absolute atomic E-state index is 13.7. The van der Waals surface area contributed by atoms with Gasteiger partial charge in [0, 0.05) is 11.4 Å². The maximum atomic E-state index is 13.7. The van der Waals surface area contributed by atoms with Crippen molar-refractivity contribution in [2.75, 3.05) is 25.0 Å². The van der Waals surface area contributed by atoms with Gasteiger partial charge in [0.15, 0.2) is 17.5 Å². The van der Waals surface area contributed by atoms with Gasteiger partial charge in [-0.25, -0.2) is 13.2 Å². The first kappa shape index (κ1) is 22.0. The summed E-state index contributed by atoms with van der Waals surface area (Å²) in [5.41, 5.74) is 1.76. The van der Waals surface area contributed by atoms with Crippen LogP contribution < -0.4 is 10.6 Å². The van der Waals surface area contributed by atoms with Crippen molar-refractivity contribution in [3.63, 3.8) is 0 Å². The van der Waals surface area contributed by atoms with Crippen LogP contribution in [0, 0.1) is 17.5 Å². The Morgan fingerprint density at radius 2 is 1.78 bits per heavy atom. The number of rotatable bonds is 6. The number of nitrogens with one attached hydrogen (secondary N) is 2. The van der Waals surface area contributed by atoms with Gasteiger partial charge in [-0.1, -0.05) is 30.3 Å². The largest absolute Gasteiger partial charge is 0.346 e. The highest BCUT2D eigenvalue weighted by Crippen LogP contribution is 2.37. The molecule has 0 aliphatic carbocycles. The molecule has 0 saturated heterocycles. The first-order valence-corrected chi connectivity index (χ1v) is 10.9. The molecule has 2 aromatic carbocycles. The lowest BCUT2D eigenvalue weighted by Crippen LogP contribution is -2.44. The van der Waals surface area contributed by atoms with E-state index in [1.807, 2.05) is 40.6 Å². The molecule has 3 aromatic rings. The number of anilines is 1. The molecule has 1 aliphatic rings. The molecule has 5 nitrogen and oxygen atoms in total. The Balaban J connectivity index is 1.38. The standard InChI is InChI=1S/C23H20F3N3O2S/c24-16-6-7-17(22(26)21(16)25)28-19(30)12-27-20(31)13-29-10-8-18-15(9-11-32-18)23(29)14-4-2-1-3-5-14/h1-7,9,11,23H,8,10,12-13H2,(H,27,31)(H,28,30). The van der Waals surface area contributed by atoms with Crippen LogP contribution in [0.5, 0.6) is 0 Å². The molecular weight excluding hydrogens is 439 g/mol. The first-order valence-electron chi connectivity index (χ1n) is 9.99. The van der Waals surface area contributed by atoms with Crippen molar-refractivity contribution in [1.82, 2.24) is 10.2 Å². The summed E-state index contributed by atoms with van der Waals surface area (Å²) in [7, 11) is 0. The average molecular weight is 459 g/mol. The highest BCUT2D eigenvalue weighted by atomic mass is 32.1. The number of halogens is 3. The second-order valence-electron chi connectivity index (χ2n) is 7.38. The van der Waals surface area contributed by atoms with Gasteiger partial charge in [-0.05, 0) is 41.1 Å². The summed E-state index contributed by atoms with van der Waals surface area (Å²) in [6.07, 6.45) is 0.833. The van der Waals surface area contributed by atoms with Crippen molar-refractivity contribution in [2.45, 2.75) is 12.5 Å². The van der Waals surface area contributed by atoms with Crippen LogP contribution in [0.2, 0.25) is 0 Å². The highest BCUT2D eigenvalue weighted by Gasteiger charge is 2.30. The number of nitrogens with zero attached hydrogens (tertiary/aromatic N) is 1. The third kappa shape index (κ3) is 4.68. The molecule has 1 atom stereocenters. The summed E-state index contributed by atoms with van der Waals surface area (Å²) in [5.74, 6) is -5.63. The lowest BCUT2D eigenvalue weighted by Gasteiger charge is -2.35. The van der Waals surface area contributed by atoms with Crippen LogP contribution in [0.25, 0.3) is 0 Å². The van der Waals surface area contributed by atoms with Crippen LogP contribution in [0.4, 0.5) is 18.9 Å². The van der Waals surface area contributed by atoms with Crippen molar-refractivity contribution >= 4 is 28.8 Å². The number of fused-ring (bicyclic) bond motifs is 1. The molecule has 4 rings (SSSR count). The van der Waals surface area contributed by atoms with Crippen molar-refractivity contribution < 1.29 is 22.8 Å². The summed E-state index contributed by atoms with van der Waals surface area (Å²) >= 11 is 1.70. The number of thiophene rings is 1. The van der Waals surface area contributed by atoms with Crippen LogP contribution in [0.3, 0.4) is 0 Å². The summed E-state index contributed by atoms with van der Waals surface area (Å²) in [4.78, 5) is 27.9. The molecule has 2 amide bonds. The summed E-state index contributed by atoms with van der Waals surface area (Å²) in [6.45, 7) is 0.333. The van der Waals surface area contributed by atoms with Crippen LogP contribution in [-0.4, -0.2) is 36.3 Å². The minimum Gasteiger partial charge on any atom is -0.346 e. The first-order chi connectivity index (χ1) is 15.4. The van der Waals surface area contributed by atoms with Crippen molar-refractivity contribution in [3.8, 4) is 0 Å². The molecular formula is C23H20F3N3O2S. The minimum atomic E-state index is -1.67. The van der Waals surface area contributed by atoms with Crippen LogP contribution in [-0.2, 0) is 16.0 Å². The Labute approximate surface area is 186 Å². The number of carbonyl (C=O) groups excluding carboxylic acids is 2. The number of hydrogen-bond acceptors (Lipinski definition) is 4. The molecule has 0 fully saturated rings. The predicted octanol–water partition coefficient (Wildman–Crippen LogP) is 3.87. The summed E-state index contributed by atoms with van der Waals surface area (Å²) < 4.78 is 40.0. The molecule has 0 bridgehead atoms. The van der Waals surface area contributed by atoms with Gasteiger partial charge in [0.1, 0.15) is 0 Å². The number of carbonyl (C=O) groups is 2. The molecule has 1 aliphatic heterocycles. The zero-order valence-corrected chi connectivity index (χ0v) is 17.7. The molecule has 0 saturated carbocycles. The van der Waals surface area contributed by atoms with E-state index in [1.165, 1.54) is 10.4 Å². The maximum Gasteiger partial charge on any atom is 0.243 e. The molecule has 166 valence electrons. The average Bonchev–Trinajstić information content (AvgIpc) is 3.27. The quantitative estimate of drug-likeness (QED) is 0.551. The minimum absolute atomic E-state index is 0.0675. The fourth-order valence-corrected chi connectivity index (χ4v) is 4.70. The van der Waals surface area contributed by atoms with Crippen molar-refractivity contribution in [3.05, 3.63) is 87.4 Å². The Kier molecular flexibility index (Phi) is 6.57. The van der Waals surface area contributed by atoms with Crippen LogP contribution in [0.15, 0.2) is 53.9 Å². The van der Waals surface area contributed by atoms with Gasteiger partial charge >= 0.3 is 0 Å². The fraction of sp³-hybridized carbons (Fsp3) is 0.217. The Hall–Kier alpha value is -3.17.